The zero-order valence-electron chi connectivity index (χ0n) is 5.79. The van der Waals surface area contributed by atoms with Crippen LogP contribution in [0.15, 0.2) is 24.3 Å². The van der Waals surface area contributed by atoms with Crippen molar-refractivity contribution in [3.05, 3.63) is 29.3 Å². The summed E-state index contributed by atoms with van der Waals surface area (Å²) in [5.74, 6) is 0. The molecule has 3 nitrogen and oxygen atoms in total. The van der Waals surface area contributed by atoms with E-state index in [2.05, 4.69) is 5.32 Å². The molecule has 11 heavy (non-hydrogen) atoms. The molecule has 0 heterocycles. The van der Waals surface area contributed by atoms with E-state index < -0.39 is 6.35 Å². The average Bonchev–Trinajstić information content (AvgIpc) is 1.93. The Labute approximate surface area is 69.8 Å². The van der Waals surface area contributed by atoms with Crippen LogP contribution in [0.4, 0.5) is 5.69 Å². The number of rotatable bonds is 2. The van der Waals surface area contributed by atoms with Crippen molar-refractivity contribution in [2.75, 3.05) is 5.32 Å². The minimum Gasteiger partial charge on any atom is -0.361 e. The second-order valence-corrected chi connectivity index (χ2v) is 2.53. The molecule has 0 saturated heterocycles. The fraction of sp³-hybridized carbons (Fsp3) is 0.143. The standard InChI is InChI=1S/C7H9ClN2O/c8-5-1-3-6(4-2-5)10-7(9)11/h1-4,7,10-11H,9H2. The van der Waals surface area contributed by atoms with Crippen molar-refractivity contribution in [3.8, 4) is 0 Å². The summed E-state index contributed by atoms with van der Waals surface area (Å²) in [4.78, 5) is 0. The smallest absolute Gasteiger partial charge is 0.178 e. The molecule has 0 aromatic heterocycles. The number of benzene rings is 1. The Bertz CT molecular complexity index is 222. The van der Waals surface area contributed by atoms with E-state index in [0.29, 0.717) is 5.02 Å². The van der Waals surface area contributed by atoms with E-state index >= 15 is 0 Å². The van der Waals surface area contributed by atoms with Gasteiger partial charge in [0.05, 0.1) is 0 Å². The van der Waals surface area contributed by atoms with E-state index in [1.165, 1.54) is 0 Å². The van der Waals surface area contributed by atoms with Gasteiger partial charge in [0.1, 0.15) is 0 Å². The van der Waals surface area contributed by atoms with Crippen molar-refractivity contribution in [1.29, 1.82) is 0 Å². The molecule has 0 aliphatic carbocycles. The topological polar surface area (TPSA) is 58.3 Å². The van der Waals surface area contributed by atoms with Gasteiger partial charge in [-0.25, -0.2) is 0 Å². The number of nitrogens with two attached hydrogens (primary N) is 1. The minimum absolute atomic E-state index is 0.655. The van der Waals surface area contributed by atoms with Crippen LogP contribution in [-0.4, -0.2) is 11.5 Å². The molecule has 1 rings (SSSR count). The first-order chi connectivity index (χ1) is 5.18. The van der Waals surface area contributed by atoms with E-state index in [9.17, 15) is 0 Å². The highest BCUT2D eigenvalue weighted by Gasteiger charge is 1.94. The second-order valence-electron chi connectivity index (χ2n) is 2.10. The molecule has 0 bridgehead atoms. The van der Waals surface area contributed by atoms with Gasteiger partial charge in [-0.15, -0.1) is 0 Å². The maximum absolute atomic E-state index is 8.71. The summed E-state index contributed by atoms with van der Waals surface area (Å²) in [5.41, 5.74) is 5.81. The number of hydrogen-bond donors (Lipinski definition) is 3. The SMILES string of the molecule is NC(O)Nc1ccc(Cl)cc1. The Morgan fingerprint density at radius 1 is 1.36 bits per heavy atom. The van der Waals surface area contributed by atoms with Crippen LogP contribution in [0.1, 0.15) is 0 Å². The lowest BCUT2D eigenvalue weighted by atomic mass is 10.3. The molecule has 0 spiro atoms. The largest absolute Gasteiger partial charge is 0.361 e. The summed E-state index contributed by atoms with van der Waals surface area (Å²) >= 11 is 5.63. The van der Waals surface area contributed by atoms with Crippen LogP contribution in [0, 0.1) is 0 Å². The fourth-order valence-electron chi connectivity index (χ4n) is 0.717. The number of nitrogens with one attached hydrogen (secondary N) is 1. The quantitative estimate of drug-likeness (QED) is 0.583. The first-order valence-corrected chi connectivity index (χ1v) is 3.52. The number of anilines is 1. The van der Waals surface area contributed by atoms with E-state index in [1.807, 2.05) is 0 Å². The summed E-state index contributed by atoms with van der Waals surface area (Å²) in [6.45, 7) is 0. The lowest BCUT2D eigenvalue weighted by molar-refractivity contribution is 0.212. The Kier molecular flexibility index (Phi) is 2.70. The first kappa shape index (κ1) is 8.33. The molecule has 60 valence electrons. The summed E-state index contributed by atoms with van der Waals surface area (Å²) in [7, 11) is 0. The molecule has 0 aliphatic rings. The van der Waals surface area contributed by atoms with Gasteiger partial charge in [0.2, 0.25) is 0 Å². The van der Waals surface area contributed by atoms with Gasteiger partial charge in [-0.1, -0.05) is 11.6 Å². The number of halogens is 1. The molecule has 1 aromatic rings. The van der Waals surface area contributed by atoms with E-state index in [-0.39, 0.29) is 0 Å². The van der Waals surface area contributed by atoms with Crippen molar-refractivity contribution >= 4 is 17.3 Å². The van der Waals surface area contributed by atoms with Crippen LogP contribution in [0.3, 0.4) is 0 Å². The van der Waals surface area contributed by atoms with Crippen molar-refractivity contribution in [3.63, 3.8) is 0 Å². The molecule has 0 fully saturated rings. The van der Waals surface area contributed by atoms with Crippen molar-refractivity contribution in [2.45, 2.75) is 6.35 Å². The average molecular weight is 173 g/mol. The third-order valence-corrected chi connectivity index (χ3v) is 1.41. The molecule has 0 saturated carbocycles. The summed E-state index contributed by atoms with van der Waals surface area (Å²) in [6, 6.07) is 6.90. The lowest BCUT2D eigenvalue weighted by Crippen LogP contribution is -2.28. The van der Waals surface area contributed by atoms with Gasteiger partial charge in [0.15, 0.2) is 6.35 Å². The fourth-order valence-corrected chi connectivity index (χ4v) is 0.843. The maximum Gasteiger partial charge on any atom is 0.178 e. The molecule has 0 amide bonds. The second kappa shape index (κ2) is 3.57. The molecule has 1 aromatic carbocycles. The summed E-state index contributed by atoms with van der Waals surface area (Å²) < 4.78 is 0. The Hall–Kier alpha value is -0.770. The zero-order valence-corrected chi connectivity index (χ0v) is 6.55. The molecule has 4 N–H and O–H groups in total. The molecular weight excluding hydrogens is 164 g/mol. The minimum atomic E-state index is -1.03. The summed E-state index contributed by atoms with van der Waals surface area (Å²) in [6.07, 6.45) is -1.03. The Balaban J connectivity index is 2.66. The summed E-state index contributed by atoms with van der Waals surface area (Å²) in [5, 5.41) is 12.0. The van der Waals surface area contributed by atoms with Crippen molar-refractivity contribution in [1.82, 2.24) is 0 Å². The van der Waals surface area contributed by atoms with Crippen LogP contribution in [0.25, 0.3) is 0 Å². The molecule has 4 heteroatoms. The van der Waals surface area contributed by atoms with Crippen LogP contribution >= 0.6 is 11.6 Å². The van der Waals surface area contributed by atoms with Gasteiger partial charge in [-0.2, -0.15) is 0 Å². The van der Waals surface area contributed by atoms with E-state index in [4.69, 9.17) is 22.4 Å². The number of aliphatic hydroxyl groups is 1. The van der Waals surface area contributed by atoms with Crippen molar-refractivity contribution < 1.29 is 5.11 Å². The highest BCUT2D eigenvalue weighted by atomic mass is 35.5. The monoisotopic (exact) mass is 172 g/mol. The lowest BCUT2D eigenvalue weighted by Gasteiger charge is -2.07. The van der Waals surface area contributed by atoms with E-state index in [1.54, 1.807) is 24.3 Å². The maximum atomic E-state index is 8.71. The molecule has 1 unspecified atom stereocenters. The predicted molar refractivity (Wildman–Crippen MR) is 45.3 cm³/mol. The third-order valence-electron chi connectivity index (χ3n) is 1.16. The number of hydrogen-bond acceptors (Lipinski definition) is 3. The van der Waals surface area contributed by atoms with Gasteiger partial charge in [-0.3, -0.25) is 5.73 Å². The zero-order chi connectivity index (χ0) is 8.27. The Morgan fingerprint density at radius 2 is 1.91 bits per heavy atom. The highest BCUT2D eigenvalue weighted by molar-refractivity contribution is 6.30. The molecule has 0 aliphatic heterocycles. The van der Waals surface area contributed by atoms with Gasteiger partial charge in [-0.05, 0) is 24.3 Å². The first-order valence-electron chi connectivity index (χ1n) is 3.14. The van der Waals surface area contributed by atoms with Crippen LogP contribution in [0.2, 0.25) is 5.02 Å². The molecular formula is C7H9ClN2O. The van der Waals surface area contributed by atoms with Crippen LogP contribution in [0.5, 0.6) is 0 Å². The Morgan fingerprint density at radius 3 is 2.36 bits per heavy atom. The van der Waals surface area contributed by atoms with Crippen LogP contribution < -0.4 is 11.1 Å². The molecule has 0 radical (unpaired) electrons. The van der Waals surface area contributed by atoms with Gasteiger partial charge >= 0.3 is 0 Å². The van der Waals surface area contributed by atoms with Gasteiger partial charge in [0, 0.05) is 10.7 Å². The van der Waals surface area contributed by atoms with Gasteiger partial charge in [0.25, 0.3) is 0 Å². The number of aliphatic hydroxyl groups excluding tert-OH is 1. The van der Waals surface area contributed by atoms with Gasteiger partial charge < -0.3 is 10.4 Å². The predicted octanol–water partition coefficient (Wildman–Crippen LogP) is 0.986. The highest BCUT2D eigenvalue weighted by Crippen LogP contribution is 2.12. The normalized spacial score (nSPS) is 12.6. The van der Waals surface area contributed by atoms with Crippen molar-refractivity contribution in [2.24, 2.45) is 5.73 Å². The third kappa shape index (κ3) is 2.76. The van der Waals surface area contributed by atoms with Crippen LogP contribution in [-0.2, 0) is 0 Å². The molecule has 1 atom stereocenters. The van der Waals surface area contributed by atoms with E-state index in [0.717, 1.165) is 5.69 Å².